The molecule has 1 aromatic carbocycles. The normalized spacial score (nSPS) is 11.9. The lowest BCUT2D eigenvalue weighted by molar-refractivity contribution is -0.148. The van der Waals surface area contributed by atoms with Gasteiger partial charge >= 0.3 is 5.97 Å². The third-order valence-corrected chi connectivity index (χ3v) is 4.08. The van der Waals surface area contributed by atoms with Crippen molar-refractivity contribution in [2.24, 2.45) is 0 Å². The van der Waals surface area contributed by atoms with Crippen LogP contribution >= 0.6 is 11.3 Å². The van der Waals surface area contributed by atoms with Gasteiger partial charge in [0.2, 0.25) is 5.91 Å². The molecule has 1 atom stereocenters. The maximum absolute atomic E-state index is 11.8. The fourth-order valence-electron chi connectivity index (χ4n) is 1.99. The lowest BCUT2D eigenvalue weighted by atomic mass is 10.2. The third kappa shape index (κ3) is 5.46. The minimum atomic E-state index is -1.10. The lowest BCUT2D eigenvalue weighted by Gasteiger charge is -2.10. The molecule has 0 aliphatic heterocycles. The largest absolute Gasteiger partial charge is 0.479 e. The molecule has 2 N–H and O–H groups in total. The fraction of sp³-hybridized carbons (Fsp3) is 0.312. The van der Waals surface area contributed by atoms with Gasteiger partial charge < -0.3 is 15.2 Å². The van der Waals surface area contributed by atoms with Crippen LogP contribution in [0.3, 0.4) is 0 Å². The summed E-state index contributed by atoms with van der Waals surface area (Å²) in [6, 6.07) is 9.98. The Hall–Kier alpha value is -2.25. The standard InChI is InChI=1S/C16H18N2O4S/c1-22-13(16(20)21)9-17-14(19)8-12-10-23-15(18-12)7-11-5-3-2-4-6-11/h2-6,10,13H,7-9H2,1H3,(H,17,19)(H,20,21). The second-order valence-electron chi connectivity index (χ2n) is 4.94. The maximum Gasteiger partial charge on any atom is 0.334 e. The molecule has 0 saturated carbocycles. The molecular weight excluding hydrogens is 316 g/mol. The van der Waals surface area contributed by atoms with Gasteiger partial charge in [0.15, 0.2) is 6.10 Å². The number of carbonyl (C=O) groups excluding carboxylic acids is 1. The molecule has 0 spiro atoms. The molecule has 1 unspecified atom stereocenters. The van der Waals surface area contributed by atoms with Gasteiger partial charge in [0, 0.05) is 18.9 Å². The number of methoxy groups -OCH3 is 1. The van der Waals surface area contributed by atoms with Crippen molar-refractivity contribution >= 4 is 23.2 Å². The van der Waals surface area contributed by atoms with Crippen molar-refractivity contribution in [3.8, 4) is 0 Å². The highest BCUT2D eigenvalue weighted by molar-refractivity contribution is 7.09. The minimum Gasteiger partial charge on any atom is -0.479 e. The number of hydrogen-bond acceptors (Lipinski definition) is 5. The third-order valence-electron chi connectivity index (χ3n) is 3.18. The zero-order valence-electron chi connectivity index (χ0n) is 12.7. The molecule has 0 aliphatic rings. The molecule has 1 heterocycles. The average Bonchev–Trinajstić information content (AvgIpc) is 2.95. The second-order valence-corrected chi connectivity index (χ2v) is 5.88. The molecule has 6 nitrogen and oxygen atoms in total. The van der Waals surface area contributed by atoms with Gasteiger partial charge in [-0.25, -0.2) is 9.78 Å². The van der Waals surface area contributed by atoms with E-state index in [1.165, 1.54) is 24.0 Å². The predicted octanol–water partition coefficient (Wildman–Crippen LogP) is 1.49. The number of nitrogens with one attached hydrogen (secondary N) is 1. The number of ether oxygens (including phenoxy) is 1. The van der Waals surface area contributed by atoms with Gasteiger partial charge in [-0.1, -0.05) is 30.3 Å². The van der Waals surface area contributed by atoms with Gasteiger partial charge in [0.05, 0.1) is 23.7 Å². The van der Waals surface area contributed by atoms with Gasteiger partial charge in [-0.05, 0) is 5.56 Å². The molecule has 7 heteroatoms. The number of thiazole rings is 1. The Morgan fingerprint density at radius 3 is 2.74 bits per heavy atom. The summed E-state index contributed by atoms with van der Waals surface area (Å²) in [6.07, 6.45) is -0.179. The van der Waals surface area contributed by atoms with Crippen molar-refractivity contribution in [3.05, 3.63) is 52.0 Å². The lowest BCUT2D eigenvalue weighted by Crippen LogP contribution is -2.38. The number of amides is 1. The van der Waals surface area contributed by atoms with Crippen molar-refractivity contribution in [3.63, 3.8) is 0 Å². The predicted molar refractivity (Wildman–Crippen MR) is 86.5 cm³/mol. The van der Waals surface area contributed by atoms with E-state index >= 15 is 0 Å². The Labute approximate surface area is 138 Å². The Balaban J connectivity index is 1.84. The maximum atomic E-state index is 11.8. The van der Waals surface area contributed by atoms with Gasteiger partial charge in [-0.15, -0.1) is 11.3 Å². The van der Waals surface area contributed by atoms with Crippen LogP contribution in [0.1, 0.15) is 16.3 Å². The number of carbonyl (C=O) groups is 2. The number of hydrogen-bond donors (Lipinski definition) is 2. The molecule has 0 radical (unpaired) electrons. The van der Waals surface area contributed by atoms with Crippen molar-refractivity contribution < 1.29 is 19.4 Å². The van der Waals surface area contributed by atoms with Crippen molar-refractivity contribution in [1.82, 2.24) is 10.3 Å². The summed E-state index contributed by atoms with van der Waals surface area (Å²) in [5.41, 5.74) is 1.85. The highest BCUT2D eigenvalue weighted by Crippen LogP contribution is 2.15. The summed E-state index contributed by atoms with van der Waals surface area (Å²) >= 11 is 1.51. The van der Waals surface area contributed by atoms with Gasteiger partial charge in [-0.3, -0.25) is 4.79 Å². The molecule has 0 aliphatic carbocycles. The van der Waals surface area contributed by atoms with Crippen molar-refractivity contribution in [2.45, 2.75) is 18.9 Å². The van der Waals surface area contributed by atoms with E-state index in [2.05, 4.69) is 10.3 Å². The number of carboxylic acid groups (broad SMARTS) is 1. The Morgan fingerprint density at radius 1 is 1.35 bits per heavy atom. The van der Waals surface area contributed by atoms with Gasteiger partial charge in [-0.2, -0.15) is 0 Å². The highest BCUT2D eigenvalue weighted by atomic mass is 32.1. The summed E-state index contributed by atoms with van der Waals surface area (Å²) in [5.74, 6) is -1.38. The van der Waals surface area contributed by atoms with E-state index < -0.39 is 12.1 Å². The van der Waals surface area contributed by atoms with Crippen LogP contribution in [0.4, 0.5) is 0 Å². The van der Waals surface area contributed by atoms with Crippen LogP contribution in [-0.4, -0.2) is 41.7 Å². The molecule has 122 valence electrons. The summed E-state index contributed by atoms with van der Waals surface area (Å²) in [5, 5.41) is 14.2. The number of nitrogens with zero attached hydrogens (tertiary/aromatic N) is 1. The quantitative estimate of drug-likeness (QED) is 0.763. The minimum absolute atomic E-state index is 0.0638. The zero-order chi connectivity index (χ0) is 16.7. The highest BCUT2D eigenvalue weighted by Gasteiger charge is 2.17. The molecular formula is C16H18N2O4S. The van der Waals surface area contributed by atoms with Crippen LogP contribution < -0.4 is 5.32 Å². The van der Waals surface area contributed by atoms with E-state index in [0.29, 0.717) is 5.69 Å². The van der Waals surface area contributed by atoms with E-state index in [-0.39, 0.29) is 18.9 Å². The van der Waals surface area contributed by atoms with Crippen LogP contribution in [0.5, 0.6) is 0 Å². The molecule has 23 heavy (non-hydrogen) atoms. The van der Waals surface area contributed by atoms with E-state index in [4.69, 9.17) is 9.84 Å². The summed E-state index contributed by atoms with van der Waals surface area (Å²) in [7, 11) is 1.29. The number of rotatable bonds is 8. The number of aromatic nitrogens is 1. The number of benzene rings is 1. The van der Waals surface area contributed by atoms with E-state index in [9.17, 15) is 9.59 Å². The molecule has 0 saturated heterocycles. The van der Waals surface area contributed by atoms with Crippen molar-refractivity contribution in [2.75, 3.05) is 13.7 Å². The number of aliphatic carboxylic acids is 1. The van der Waals surface area contributed by atoms with Crippen LogP contribution in [0, 0.1) is 0 Å². The van der Waals surface area contributed by atoms with Crippen molar-refractivity contribution in [1.29, 1.82) is 0 Å². The fourth-order valence-corrected chi connectivity index (χ4v) is 2.81. The topological polar surface area (TPSA) is 88.5 Å². The summed E-state index contributed by atoms with van der Waals surface area (Å²) < 4.78 is 4.76. The SMILES string of the molecule is COC(CNC(=O)Cc1csc(Cc2ccccc2)n1)C(=O)O. The first-order valence-corrected chi connectivity index (χ1v) is 7.96. The molecule has 1 aromatic heterocycles. The molecule has 0 fully saturated rings. The zero-order valence-corrected chi connectivity index (χ0v) is 13.5. The Morgan fingerprint density at radius 2 is 2.09 bits per heavy atom. The second kappa shape index (κ2) is 8.40. The van der Waals surface area contributed by atoms with Gasteiger partial charge in [0.25, 0.3) is 0 Å². The molecule has 0 bridgehead atoms. The average molecular weight is 334 g/mol. The first-order valence-electron chi connectivity index (χ1n) is 7.08. The number of carboxylic acids is 1. The first-order chi connectivity index (χ1) is 11.1. The van der Waals surface area contributed by atoms with E-state index in [1.54, 1.807) is 0 Å². The van der Waals surface area contributed by atoms with Crippen LogP contribution in [0.25, 0.3) is 0 Å². The molecule has 2 rings (SSSR count). The molecule has 1 amide bonds. The monoisotopic (exact) mass is 334 g/mol. The Bertz CT molecular complexity index is 657. The Kier molecular flexibility index (Phi) is 6.25. The molecule has 2 aromatic rings. The van der Waals surface area contributed by atoms with Crippen LogP contribution in [0.15, 0.2) is 35.7 Å². The van der Waals surface area contributed by atoms with Crippen LogP contribution in [-0.2, 0) is 27.2 Å². The summed E-state index contributed by atoms with van der Waals surface area (Å²) in [6.45, 7) is -0.0638. The first kappa shape index (κ1) is 17.1. The van der Waals surface area contributed by atoms with E-state index in [1.807, 2.05) is 35.7 Å². The van der Waals surface area contributed by atoms with E-state index in [0.717, 1.165) is 11.4 Å². The summed E-state index contributed by atoms with van der Waals surface area (Å²) in [4.78, 5) is 27.1. The smallest absolute Gasteiger partial charge is 0.334 e. The van der Waals surface area contributed by atoms with Crippen LogP contribution in [0.2, 0.25) is 0 Å². The van der Waals surface area contributed by atoms with Gasteiger partial charge in [0.1, 0.15) is 0 Å².